The monoisotopic (exact) mass is 490 g/mol. The molecule has 0 spiro atoms. The van der Waals surface area contributed by atoms with E-state index in [9.17, 15) is 13.2 Å². The summed E-state index contributed by atoms with van der Waals surface area (Å²) in [6.45, 7) is 12.2. The first kappa shape index (κ1) is 25.2. The Morgan fingerprint density at radius 2 is 1.80 bits per heavy atom. The third-order valence-corrected chi connectivity index (χ3v) is 6.78. The van der Waals surface area contributed by atoms with E-state index in [1.54, 1.807) is 9.24 Å². The first-order valence-electron chi connectivity index (χ1n) is 11.7. The van der Waals surface area contributed by atoms with Crippen molar-refractivity contribution in [2.75, 3.05) is 0 Å². The summed E-state index contributed by atoms with van der Waals surface area (Å²) >= 11 is 0. The summed E-state index contributed by atoms with van der Waals surface area (Å²) in [5.74, 6) is -0.176. The molecule has 4 heteroatoms. The molecule has 2 aliphatic rings. The number of aryl methyl sites for hydroxylation is 1. The lowest BCUT2D eigenvalue weighted by Gasteiger charge is -2.17. The molecule has 2 aliphatic carbocycles. The Hall–Kier alpha value is -2.90. The van der Waals surface area contributed by atoms with Crippen LogP contribution in [0.25, 0.3) is 22.3 Å². The Balaban J connectivity index is 1.89. The molecule has 2 aromatic rings. The van der Waals surface area contributed by atoms with Gasteiger partial charge >= 0.3 is 0 Å². The molecule has 1 unspecified atom stereocenters. The number of alkyl halides is 2. The minimum Gasteiger partial charge on any atom is -0.211 e. The van der Waals surface area contributed by atoms with Crippen molar-refractivity contribution in [3.8, 4) is 11.1 Å². The second-order valence-electron chi connectivity index (χ2n) is 9.44. The molecule has 0 aromatic heterocycles. The van der Waals surface area contributed by atoms with E-state index in [0.29, 0.717) is 6.42 Å². The second kappa shape index (κ2) is 9.99. The van der Waals surface area contributed by atoms with Crippen LogP contribution in [-0.2, 0) is 12.8 Å². The fraction of sp³-hybridized carbons (Fsp3) is 0.226. The predicted molar refractivity (Wildman–Crippen MR) is 146 cm³/mol. The molecule has 0 nitrogen and oxygen atoms in total. The quantitative estimate of drug-likeness (QED) is 0.339. The van der Waals surface area contributed by atoms with Gasteiger partial charge in [-0.25, -0.2) is 13.2 Å². The van der Waals surface area contributed by atoms with Gasteiger partial charge in [-0.3, -0.25) is 0 Å². The van der Waals surface area contributed by atoms with Crippen molar-refractivity contribution in [1.29, 1.82) is 0 Å². The highest BCUT2D eigenvalue weighted by molar-refractivity contribution is 7.18. The third kappa shape index (κ3) is 5.68. The van der Waals surface area contributed by atoms with E-state index in [4.69, 9.17) is 0 Å². The first-order chi connectivity index (χ1) is 16.5. The average molecular weight is 491 g/mol. The van der Waals surface area contributed by atoms with Crippen molar-refractivity contribution in [2.24, 2.45) is 0 Å². The van der Waals surface area contributed by atoms with Gasteiger partial charge in [0.05, 0.1) is 0 Å². The van der Waals surface area contributed by atoms with Gasteiger partial charge in [-0.1, -0.05) is 76.0 Å². The molecule has 1 atom stereocenters. The highest BCUT2D eigenvalue weighted by atomic mass is 31.0. The van der Waals surface area contributed by atoms with E-state index < -0.39 is 5.66 Å². The topological polar surface area (TPSA) is 0 Å². The minimum absolute atomic E-state index is 0.176. The smallest absolute Gasteiger partial charge is 0.211 e. The van der Waals surface area contributed by atoms with Gasteiger partial charge in [0.15, 0.2) is 0 Å². The molecule has 0 aliphatic heterocycles. The second-order valence-corrected chi connectivity index (χ2v) is 10.3. The number of hydrogen-bond donors (Lipinski definition) is 0. The fourth-order valence-electron chi connectivity index (χ4n) is 4.78. The van der Waals surface area contributed by atoms with Crippen LogP contribution in [0.1, 0.15) is 48.9 Å². The minimum atomic E-state index is -2.82. The van der Waals surface area contributed by atoms with Crippen LogP contribution in [0.4, 0.5) is 13.2 Å². The van der Waals surface area contributed by atoms with Crippen LogP contribution in [0.2, 0.25) is 0 Å². The maximum absolute atomic E-state index is 13.8. The zero-order valence-corrected chi connectivity index (χ0v) is 21.4. The van der Waals surface area contributed by atoms with Crippen LogP contribution in [0.3, 0.4) is 0 Å². The van der Waals surface area contributed by atoms with Gasteiger partial charge in [0.25, 0.3) is 5.66 Å². The molecule has 0 saturated carbocycles. The number of halogens is 3. The fourth-order valence-corrected chi connectivity index (χ4v) is 4.93. The lowest BCUT2D eigenvalue weighted by Crippen LogP contribution is -2.07. The Morgan fingerprint density at radius 3 is 2.49 bits per heavy atom. The summed E-state index contributed by atoms with van der Waals surface area (Å²) in [5, 5.41) is 0. The molecule has 0 bridgehead atoms. The molecule has 4 rings (SSSR count). The molecule has 0 N–H and O–H groups in total. The van der Waals surface area contributed by atoms with E-state index in [1.807, 2.05) is 50.3 Å². The van der Waals surface area contributed by atoms with Crippen molar-refractivity contribution < 1.29 is 13.2 Å². The average Bonchev–Trinajstić information content (AvgIpc) is 3.03. The number of fused-ring (bicyclic) bond motifs is 1. The number of hydrogen-bond acceptors (Lipinski definition) is 0. The summed E-state index contributed by atoms with van der Waals surface area (Å²) in [5.41, 5.74) is 8.11. The lowest BCUT2D eigenvalue weighted by atomic mass is 9.89. The largest absolute Gasteiger partial charge is 0.259 e. The highest BCUT2D eigenvalue weighted by Crippen LogP contribution is 2.44. The predicted octanol–water partition coefficient (Wildman–Crippen LogP) is 9.41. The van der Waals surface area contributed by atoms with E-state index in [-0.39, 0.29) is 25.1 Å². The van der Waals surface area contributed by atoms with Crippen molar-refractivity contribution in [3.63, 3.8) is 0 Å². The molecular formula is C31H30F3P. The Labute approximate surface area is 208 Å². The lowest BCUT2D eigenvalue weighted by molar-refractivity contribution is 0.0948. The number of allylic oxidation sites excluding steroid dienone is 10. The summed E-state index contributed by atoms with van der Waals surface area (Å²) in [6, 6.07) is 12.3. The van der Waals surface area contributed by atoms with E-state index in [2.05, 4.69) is 31.4 Å². The number of benzene rings is 2. The van der Waals surface area contributed by atoms with Gasteiger partial charge in [0, 0.05) is 12.8 Å². The molecule has 0 amide bonds. The first-order valence-corrected chi connectivity index (χ1v) is 12.3. The number of rotatable bonds is 7. The Morgan fingerprint density at radius 1 is 1.03 bits per heavy atom. The van der Waals surface area contributed by atoms with E-state index in [1.165, 1.54) is 6.08 Å². The maximum Gasteiger partial charge on any atom is 0.259 e. The van der Waals surface area contributed by atoms with Gasteiger partial charge in [0.1, 0.15) is 5.83 Å². The van der Waals surface area contributed by atoms with Gasteiger partial charge in [-0.05, 0) is 95.0 Å². The van der Waals surface area contributed by atoms with Crippen molar-refractivity contribution in [3.05, 3.63) is 119 Å². The van der Waals surface area contributed by atoms with Crippen LogP contribution in [-0.4, -0.2) is 5.66 Å². The van der Waals surface area contributed by atoms with Crippen LogP contribution < -0.4 is 0 Å². The Kier molecular flexibility index (Phi) is 7.20. The Bertz CT molecular complexity index is 1330. The maximum atomic E-state index is 13.8. The standard InChI is InChI=1S/C31H30F3P/c1-19(2)22-8-5-9-23(15-22)27-18-29-25(16-24(27)13-14-31(33,34)35)17-28(30(29)20(3)4)21-7-6-10-26(32)12-11-21/h5-9,11-12,15-16,18H,1,3,10,13-14,17,35H2,2,4H3. The van der Waals surface area contributed by atoms with Gasteiger partial charge in [-0.15, -0.1) is 0 Å². The zero-order chi connectivity index (χ0) is 25.3. The van der Waals surface area contributed by atoms with E-state index in [0.717, 1.165) is 61.2 Å². The van der Waals surface area contributed by atoms with Crippen LogP contribution >= 0.6 is 9.24 Å². The molecular weight excluding hydrogens is 460 g/mol. The highest BCUT2D eigenvalue weighted by Gasteiger charge is 2.27. The molecule has 0 saturated heterocycles. The summed E-state index contributed by atoms with van der Waals surface area (Å²) in [6.07, 6.45) is 8.05. The van der Waals surface area contributed by atoms with Crippen LogP contribution in [0.15, 0.2) is 96.4 Å². The molecule has 180 valence electrons. The zero-order valence-electron chi connectivity index (χ0n) is 20.2. The van der Waals surface area contributed by atoms with Crippen molar-refractivity contribution in [2.45, 2.75) is 45.2 Å². The summed E-state index contributed by atoms with van der Waals surface area (Å²) < 4.78 is 41.5. The van der Waals surface area contributed by atoms with Gasteiger partial charge in [-0.2, -0.15) is 0 Å². The molecule has 0 heterocycles. The molecule has 2 aromatic carbocycles. The van der Waals surface area contributed by atoms with Crippen LogP contribution in [0.5, 0.6) is 0 Å². The third-order valence-electron chi connectivity index (χ3n) is 6.49. The molecule has 0 fully saturated rings. The SMILES string of the molecule is C=C(C)C1=C(C2=CC=C(F)CC=C2)Cc2cc(CCC(F)(F)P)c(-c3cccc(C(=C)C)c3)cc21. The van der Waals surface area contributed by atoms with Crippen molar-refractivity contribution >= 4 is 20.4 Å². The summed E-state index contributed by atoms with van der Waals surface area (Å²) in [7, 11) is 1.65. The van der Waals surface area contributed by atoms with E-state index >= 15 is 0 Å². The van der Waals surface area contributed by atoms with Crippen molar-refractivity contribution in [1.82, 2.24) is 0 Å². The molecule has 35 heavy (non-hydrogen) atoms. The summed E-state index contributed by atoms with van der Waals surface area (Å²) in [4.78, 5) is 0. The normalized spacial score (nSPS) is 15.5. The van der Waals surface area contributed by atoms with Gasteiger partial charge in [0.2, 0.25) is 0 Å². The molecule has 0 radical (unpaired) electrons. The van der Waals surface area contributed by atoms with Crippen LogP contribution in [0, 0.1) is 0 Å². The van der Waals surface area contributed by atoms with Gasteiger partial charge < -0.3 is 0 Å².